The second-order valence-electron chi connectivity index (χ2n) is 5.25. The molecule has 0 heterocycles. The molecule has 0 radical (unpaired) electrons. The molecule has 0 aromatic heterocycles. The van der Waals surface area contributed by atoms with Gasteiger partial charge in [0, 0.05) is 6.54 Å². The third kappa shape index (κ3) is 7.71. The van der Waals surface area contributed by atoms with Crippen LogP contribution in [-0.4, -0.2) is 62.6 Å². The lowest BCUT2D eigenvalue weighted by molar-refractivity contribution is -0.00537. The van der Waals surface area contributed by atoms with Crippen molar-refractivity contribution in [3.8, 4) is 0 Å². The normalized spacial score (nSPS) is 19.1. The fourth-order valence-corrected chi connectivity index (χ4v) is 2.15. The van der Waals surface area contributed by atoms with Gasteiger partial charge in [-0.1, -0.05) is 12.8 Å². The quantitative estimate of drug-likeness (QED) is 0.590. The molecule has 2 N–H and O–H groups in total. The summed E-state index contributed by atoms with van der Waals surface area (Å²) in [4.78, 5) is 2.17. The molecule has 1 saturated carbocycles. The summed E-state index contributed by atoms with van der Waals surface area (Å²) >= 11 is 0. The van der Waals surface area contributed by atoms with Crippen molar-refractivity contribution in [1.82, 2.24) is 10.2 Å². The third-order valence-corrected chi connectivity index (χ3v) is 3.17. The molecule has 0 saturated heterocycles. The van der Waals surface area contributed by atoms with Crippen molar-refractivity contribution in [1.29, 1.82) is 0 Å². The van der Waals surface area contributed by atoms with Gasteiger partial charge >= 0.3 is 0 Å². The summed E-state index contributed by atoms with van der Waals surface area (Å²) < 4.78 is 5.66. The molecule has 102 valence electrons. The van der Waals surface area contributed by atoms with E-state index in [1.165, 1.54) is 25.7 Å². The van der Waals surface area contributed by atoms with E-state index in [0.717, 1.165) is 19.5 Å². The maximum absolute atomic E-state index is 9.72. The van der Waals surface area contributed by atoms with Crippen LogP contribution in [0.3, 0.4) is 0 Å². The molecule has 4 heteroatoms. The Hall–Kier alpha value is -0.160. The molecule has 1 aliphatic carbocycles. The van der Waals surface area contributed by atoms with Crippen molar-refractivity contribution in [3.05, 3.63) is 0 Å². The largest absolute Gasteiger partial charge is 0.389 e. The number of aliphatic hydroxyl groups is 1. The Labute approximate surface area is 105 Å². The van der Waals surface area contributed by atoms with Gasteiger partial charge in [0.05, 0.1) is 18.8 Å². The van der Waals surface area contributed by atoms with E-state index in [1.54, 1.807) is 0 Å². The molecule has 4 nitrogen and oxygen atoms in total. The van der Waals surface area contributed by atoms with Crippen LogP contribution in [0.4, 0.5) is 0 Å². The molecule has 1 atom stereocenters. The number of rotatable bonds is 9. The molecular weight excluding hydrogens is 216 g/mol. The maximum atomic E-state index is 9.72. The van der Waals surface area contributed by atoms with Gasteiger partial charge in [-0.15, -0.1) is 0 Å². The SMILES string of the molecule is CN(C)CCCNCC(O)COC1CCCC1. The summed E-state index contributed by atoms with van der Waals surface area (Å²) in [5.74, 6) is 0. The van der Waals surface area contributed by atoms with Crippen molar-refractivity contribution < 1.29 is 9.84 Å². The van der Waals surface area contributed by atoms with Gasteiger partial charge in [0.15, 0.2) is 0 Å². The monoisotopic (exact) mass is 244 g/mol. The highest BCUT2D eigenvalue weighted by Gasteiger charge is 2.16. The lowest BCUT2D eigenvalue weighted by Crippen LogP contribution is -2.33. The van der Waals surface area contributed by atoms with E-state index < -0.39 is 0 Å². The number of aliphatic hydroxyl groups excluding tert-OH is 1. The van der Waals surface area contributed by atoms with E-state index in [1.807, 2.05) is 0 Å². The molecule has 1 rings (SSSR count). The van der Waals surface area contributed by atoms with Gasteiger partial charge in [0.2, 0.25) is 0 Å². The molecule has 0 aliphatic heterocycles. The van der Waals surface area contributed by atoms with E-state index in [2.05, 4.69) is 24.3 Å². The number of ether oxygens (including phenoxy) is 1. The zero-order valence-corrected chi connectivity index (χ0v) is 11.3. The molecule has 0 amide bonds. The fourth-order valence-electron chi connectivity index (χ4n) is 2.15. The van der Waals surface area contributed by atoms with E-state index in [-0.39, 0.29) is 6.10 Å². The van der Waals surface area contributed by atoms with Gasteiger partial charge < -0.3 is 20.1 Å². The van der Waals surface area contributed by atoms with Crippen LogP contribution >= 0.6 is 0 Å². The number of hydrogen-bond donors (Lipinski definition) is 2. The zero-order valence-electron chi connectivity index (χ0n) is 11.3. The van der Waals surface area contributed by atoms with Crippen LogP contribution in [0.25, 0.3) is 0 Å². The van der Waals surface area contributed by atoms with Gasteiger partial charge in [0.25, 0.3) is 0 Å². The molecular formula is C13H28N2O2. The van der Waals surface area contributed by atoms with Crippen molar-refractivity contribution in [2.24, 2.45) is 0 Å². The summed E-state index contributed by atoms with van der Waals surface area (Å²) in [6.07, 6.45) is 6.05. The fraction of sp³-hybridized carbons (Fsp3) is 1.00. The predicted molar refractivity (Wildman–Crippen MR) is 70.3 cm³/mol. The standard InChI is InChI=1S/C13H28N2O2/c1-15(2)9-5-8-14-10-12(16)11-17-13-6-3-4-7-13/h12-14,16H,3-11H2,1-2H3. The topological polar surface area (TPSA) is 44.7 Å². The molecule has 1 fully saturated rings. The molecule has 0 spiro atoms. The first-order valence-electron chi connectivity index (χ1n) is 6.83. The van der Waals surface area contributed by atoms with Crippen molar-refractivity contribution >= 4 is 0 Å². The smallest absolute Gasteiger partial charge is 0.0897 e. The first-order valence-corrected chi connectivity index (χ1v) is 6.83. The molecule has 0 aromatic rings. The maximum Gasteiger partial charge on any atom is 0.0897 e. The van der Waals surface area contributed by atoms with Gasteiger partial charge in [-0.3, -0.25) is 0 Å². The highest BCUT2D eigenvalue weighted by atomic mass is 16.5. The summed E-state index contributed by atoms with van der Waals surface area (Å²) in [7, 11) is 4.15. The summed E-state index contributed by atoms with van der Waals surface area (Å²) in [6.45, 7) is 3.16. The zero-order chi connectivity index (χ0) is 12.5. The Morgan fingerprint density at radius 2 is 2.06 bits per heavy atom. The van der Waals surface area contributed by atoms with Crippen LogP contribution in [0.2, 0.25) is 0 Å². The Morgan fingerprint density at radius 1 is 1.35 bits per heavy atom. The van der Waals surface area contributed by atoms with Crippen LogP contribution in [0.1, 0.15) is 32.1 Å². The van der Waals surface area contributed by atoms with E-state index in [0.29, 0.717) is 19.3 Å². The average molecular weight is 244 g/mol. The molecule has 17 heavy (non-hydrogen) atoms. The Bertz CT molecular complexity index is 182. The minimum absolute atomic E-state index is 0.366. The van der Waals surface area contributed by atoms with E-state index in [9.17, 15) is 5.11 Å². The van der Waals surface area contributed by atoms with Crippen LogP contribution < -0.4 is 5.32 Å². The average Bonchev–Trinajstić information content (AvgIpc) is 2.78. The molecule has 1 aliphatic rings. The summed E-state index contributed by atoms with van der Waals surface area (Å²) in [5.41, 5.74) is 0. The number of nitrogens with one attached hydrogen (secondary N) is 1. The van der Waals surface area contributed by atoms with Crippen molar-refractivity contribution in [2.75, 3.05) is 40.3 Å². The van der Waals surface area contributed by atoms with Crippen molar-refractivity contribution in [2.45, 2.75) is 44.3 Å². The van der Waals surface area contributed by atoms with Crippen LogP contribution in [0, 0.1) is 0 Å². The highest BCUT2D eigenvalue weighted by Crippen LogP contribution is 2.20. The van der Waals surface area contributed by atoms with Crippen LogP contribution in [-0.2, 0) is 4.74 Å². The lowest BCUT2D eigenvalue weighted by Gasteiger charge is -2.16. The second kappa shape index (κ2) is 8.86. The molecule has 1 unspecified atom stereocenters. The first kappa shape index (κ1) is 14.9. The summed E-state index contributed by atoms with van der Waals surface area (Å²) in [6, 6.07) is 0. The van der Waals surface area contributed by atoms with Crippen molar-refractivity contribution in [3.63, 3.8) is 0 Å². The van der Waals surface area contributed by atoms with Crippen LogP contribution in [0.5, 0.6) is 0 Å². The Morgan fingerprint density at radius 3 is 2.71 bits per heavy atom. The Kier molecular flexibility index (Phi) is 7.77. The van der Waals surface area contributed by atoms with Crippen LogP contribution in [0.15, 0.2) is 0 Å². The van der Waals surface area contributed by atoms with E-state index >= 15 is 0 Å². The minimum Gasteiger partial charge on any atom is -0.389 e. The van der Waals surface area contributed by atoms with Gasteiger partial charge in [-0.25, -0.2) is 0 Å². The van der Waals surface area contributed by atoms with Gasteiger partial charge in [0.1, 0.15) is 0 Å². The predicted octanol–water partition coefficient (Wildman–Crippen LogP) is 0.848. The third-order valence-electron chi connectivity index (χ3n) is 3.17. The molecule has 0 bridgehead atoms. The number of nitrogens with zero attached hydrogens (tertiary/aromatic N) is 1. The number of hydrogen-bond acceptors (Lipinski definition) is 4. The minimum atomic E-state index is -0.366. The van der Waals surface area contributed by atoms with E-state index in [4.69, 9.17) is 4.74 Å². The lowest BCUT2D eigenvalue weighted by atomic mass is 10.3. The molecule has 0 aromatic carbocycles. The summed E-state index contributed by atoms with van der Waals surface area (Å²) in [5, 5.41) is 13.0. The Balaban J connectivity index is 1.88. The van der Waals surface area contributed by atoms with Gasteiger partial charge in [-0.2, -0.15) is 0 Å². The van der Waals surface area contributed by atoms with Gasteiger partial charge in [-0.05, 0) is 46.4 Å². The first-order chi connectivity index (χ1) is 8.18. The highest BCUT2D eigenvalue weighted by molar-refractivity contribution is 4.68. The second-order valence-corrected chi connectivity index (χ2v) is 5.25.